The van der Waals surface area contributed by atoms with Gasteiger partial charge in [0.25, 0.3) is 0 Å². The number of H-pyrrole nitrogens is 1. The van der Waals surface area contributed by atoms with Gasteiger partial charge in [0.15, 0.2) is 5.78 Å². The Bertz CT molecular complexity index is 776. The van der Waals surface area contributed by atoms with Gasteiger partial charge < -0.3 is 14.6 Å². The Balaban J connectivity index is 2.25. The van der Waals surface area contributed by atoms with Crippen LogP contribution in [0.2, 0.25) is 0 Å². The fraction of sp³-hybridized carbons (Fsp3) is 0.412. The molecule has 1 aliphatic rings. The number of carbonyl (C=O) groups excluding carboxylic acids is 2. The van der Waals surface area contributed by atoms with Gasteiger partial charge in [0.2, 0.25) is 5.91 Å². The summed E-state index contributed by atoms with van der Waals surface area (Å²) >= 11 is 0. The van der Waals surface area contributed by atoms with Gasteiger partial charge in [-0.05, 0) is 38.0 Å². The van der Waals surface area contributed by atoms with Gasteiger partial charge in [0, 0.05) is 24.5 Å². The van der Waals surface area contributed by atoms with Gasteiger partial charge in [-0.1, -0.05) is 0 Å². The van der Waals surface area contributed by atoms with E-state index >= 15 is 0 Å². The molecule has 5 heteroatoms. The Labute approximate surface area is 129 Å². The number of carbonyl (C=O) groups is 2. The van der Waals surface area contributed by atoms with E-state index in [4.69, 9.17) is 4.74 Å². The minimum atomic E-state index is -0.0304. The summed E-state index contributed by atoms with van der Waals surface area (Å²) < 4.78 is 5.33. The van der Waals surface area contributed by atoms with Crippen molar-refractivity contribution in [3.8, 4) is 5.75 Å². The molecule has 0 radical (unpaired) electrons. The van der Waals surface area contributed by atoms with Gasteiger partial charge in [-0.25, -0.2) is 0 Å². The number of ether oxygens (including phenoxy) is 1. The van der Waals surface area contributed by atoms with E-state index in [2.05, 4.69) is 4.98 Å². The van der Waals surface area contributed by atoms with Crippen molar-refractivity contribution < 1.29 is 14.3 Å². The second-order valence-electron chi connectivity index (χ2n) is 5.78. The molecule has 3 rings (SSSR count). The van der Waals surface area contributed by atoms with Crippen LogP contribution in [0.1, 0.15) is 48.4 Å². The number of hydrogen-bond acceptors (Lipinski definition) is 3. The SMILES string of the molecule is COc1ccc2c3c([nH]c2c1C(C)=O)C(C)N(C(C)=O)CC3. The van der Waals surface area contributed by atoms with Gasteiger partial charge in [-0.3, -0.25) is 9.59 Å². The van der Waals surface area contributed by atoms with E-state index in [0.717, 1.165) is 23.0 Å². The van der Waals surface area contributed by atoms with Gasteiger partial charge in [0.05, 0.1) is 24.2 Å². The van der Waals surface area contributed by atoms with Crippen LogP contribution in [0.3, 0.4) is 0 Å². The van der Waals surface area contributed by atoms with Gasteiger partial charge in [0.1, 0.15) is 5.75 Å². The monoisotopic (exact) mass is 300 g/mol. The minimum Gasteiger partial charge on any atom is -0.496 e. The zero-order valence-corrected chi connectivity index (χ0v) is 13.3. The first kappa shape index (κ1) is 14.6. The molecule has 0 bridgehead atoms. The highest BCUT2D eigenvalue weighted by Gasteiger charge is 2.30. The van der Waals surface area contributed by atoms with Gasteiger partial charge in [-0.15, -0.1) is 0 Å². The van der Waals surface area contributed by atoms with Crippen LogP contribution in [0.4, 0.5) is 0 Å². The number of amides is 1. The quantitative estimate of drug-likeness (QED) is 0.867. The molecule has 0 fully saturated rings. The third-order valence-corrected chi connectivity index (χ3v) is 4.54. The average molecular weight is 300 g/mol. The van der Waals surface area contributed by atoms with E-state index in [-0.39, 0.29) is 17.7 Å². The fourth-order valence-corrected chi connectivity index (χ4v) is 3.48. The predicted molar refractivity (Wildman–Crippen MR) is 84.4 cm³/mol. The second kappa shape index (κ2) is 5.16. The van der Waals surface area contributed by atoms with E-state index in [1.54, 1.807) is 21.0 Å². The highest BCUT2D eigenvalue weighted by molar-refractivity contribution is 6.09. The molecule has 1 N–H and O–H groups in total. The molecule has 1 aliphatic heterocycles. The maximum absolute atomic E-state index is 12.0. The van der Waals surface area contributed by atoms with E-state index in [1.165, 1.54) is 5.56 Å². The Morgan fingerprint density at radius 3 is 2.64 bits per heavy atom. The molecule has 0 saturated heterocycles. The molecule has 0 spiro atoms. The summed E-state index contributed by atoms with van der Waals surface area (Å²) in [5.41, 5.74) is 3.61. The Morgan fingerprint density at radius 1 is 1.32 bits per heavy atom. The van der Waals surface area contributed by atoms with Crippen LogP contribution in [0.15, 0.2) is 12.1 Å². The van der Waals surface area contributed by atoms with E-state index in [9.17, 15) is 9.59 Å². The number of nitrogens with one attached hydrogen (secondary N) is 1. The number of ketones is 1. The van der Waals surface area contributed by atoms with Crippen LogP contribution in [0.25, 0.3) is 10.9 Å². The molecule has 116 valence electrons. The Kier molecular flexibility index (Phi) is 3.43. The summed E-state index contributed by atoms with van der Waals surface area (Å²) in [6, 6.07) is 3.82. The molecular formula is C17H20N2O3. The highest BCUT2D eigenvalue weighted by Crippen LogP contribution is 2.37. The third-order valence-electron chi connectivity index (χ3n) is 4.54. The number of methoxy groups -OCH3 is 1. The predicted octanol–water partition coefficient (Wildman–Crippen LogP) is 2.84. The van der Waals surface area contributed by atoms with E-state index in [1.807, 2.05) is 24.0 Å². The lowest BCUT2D eigenvalue weighted by atomic mass is 9.97. The van der Waals surface area contributed by atoms with Crippen LogP contribution in [0, 0.1) is 0 Å². The molecule has 1 amide bonds. The van der Waals surface area contributed by atoms with Gasteiger partial charge >= 0.3 is 0 Å². The maximum atomic E-state index is 12.0. The number of aromatic nitrogens is 1. The summed E-state index contributed by atoms with van der Waals surface area (Å²) in [4.78, 5) is 29.0. The number of fused-ring (bicyclic) bond motifs is 3. The molecule has 1 atom stereocenters. The molecule has 1 aromatic heterocycles. The van der Waals surface area contributed by atoms with Crippen molar-refractivity contribution in [1.29, 1.82) is 0 Å². The molecule has 2 aromatic rings. The van der Waals surface area contributed by atoms with Crippen LogP contribution >= 0.6 is 0 Å². The maximum Gasteiger partial charge on any atom is 0.220 e. The van der Waals surface area contributed by atoms with Crippen LogP contribution < -0.4 is 4.74 Å². The lowest BCUT2D eigenvalue weighted by Crippen LogP contribution is -2.37. The topological polar surface area (TPSA) is 62.4 Å². The Hall–Kier alpha value is -2.30. The van der Waals surface area contributed by atoms with Crippen molar-refractivity contribution >= 4 is 22.6 Å². The van der Waals surface area contributed by atoms with Crippen molar-refractivity contribution in [2.75, 3.05) is 13.7 Å². The van der Waals surface area contributed by atoms with Crippen LogP contribution in [-0.4, -0.2) is 35.2 Å². The number of aromatic amines is 1. The van der Waals surface area contributed by atoms with Crippen molar-refractivity contribution in [2.24, 2.45) is 0 Å². The van der Waals surface area contributed by atoms with Crippen molar-refractivity contribution in [1.82, 2.24) is 9.88 Å². The zero-order valence-electron chi connectivity index (χ0n) is 13.3. The summed E-state index contributed by atoms with van der Waals surface area (Å²) in [7, 11) is 1.57. The summed E-state index contributed by atoms with van der Waals surface area (Å²) in [6.45, 7) is 5.86. The molecule has 22 heavy (non-hydrogen) atoms. The first-order valence-corrected chi connectivity index (χ1v) is 7.45. The first-order valence-electron chi connectivity index (χ1n) is 7.45. The number of rotatable bonds is 2. The molecule has 5 nitrogen and oxygen atoms in total. The first-order chi connectivity index (χ1) is 10.5. The van der Waals surface area contributed by atoms with E-state index in [0.29, 0.717) is 17.9 Å². The number of Topliss-reactive ketones (excluding diaryl/α,β-unsaturated/α-hetero) is 1. The largest absolute Gasteiger partial charge is 0.496 e. The molecule has 1 unspecified atom stereocenters. The van der Waals surface area contributed by atoms with E-state index < -0.39 is 0 Å². The fourth-order valence-electron chi connectivity index (χ4n) is 3.48. The van der Waals surface area contributed by atoms with Gasteiger partial charge in [-0.2, -0.15) is 0 Å². The van der Waals surface area contributed by atoms with Crippen molar-refractivity contribution in [3.05, 3.63) is 29.0 Å². The lowest BCUT2D eigenvalue weighted by Gasteiger charge is -2.32. The normalized spacial score (nSPS) is 17.5. The summed E-state index contributed by atoms with van der Waals surface area (Å²) in [6.07, 6.45) is 0.795. The highest BCUT2D eigenvalue weighted by atomic mass is 16.5. The smallest absolute Gasteiger partial charge is 0.220 e. The van der Waals surface area contributed by atoms with Crippen LogP contribution in [-0.2, 0) is 11.2 Å². The minimum absolute atomic E-state index is 0.0144. The number of nitrogens with zero attached hydrogens (tertiary/aromatic N) is 1. The molecular weight excluding hydrogens is 280 g/mol. The molecule has 0 aliphatic carbocycles. The number of hydrogen-bond donors (Lipinski definition) is 1. The standard InChI is InChI=1S/C17H20N2O3/c1-9-16-13(7-8-19(9)11(3)21)12-5-6-14(22-4)15(10(2)20)17(12)18-16/h5-6,9,18H,7-8H2,1-4H3. The summed E-state index contributed by atoms with van der Waals surface area (Å²) in [5, 5.41) is 1.05. The average Bonchev–Trinajstić information content (AvgIpc) is 2.85. The zero-order chi connectivity index (χ0) is 16.0. The summed E-state index contributed by atoms with van der Waals surface area (Å²) in [5.74, 6) is 0.618. The van der Waals surface area contributed by atoms with Crippen LogP contribution in [0.5, 0.6) is 5.75 Å². The molecule has 1 aromatic carbocycles. The lowest BCUT2D eigenvalue weighted by molar-refractivity contribution is -0.131. The second-order valence-corrected chi connectivity index (χ2v) is 5.78. The third kappa shape index (κ3) is 2.00. The number of benzene rings is 1. The van der Waals surface area contributed by atoms with Crippen molar-refractivity contribution in [2.45, 2.75) is 33.2 Å². The van der Waals surface area contributed by atoms with Crippen molar-refractivity contribution in [3.63, 3.8) is 0 Å². The molecule has 0 saturated carbocycles. The molecule has 2 heterocycles. The Morgan fingerprint density at radius 2 is 2.05 bits per heavy atom.